The number of aryl methyl sites for hydroxylation is 1. The zero-order valence-electron chi connectivity index (χ0n) is 12.1. The molecule has 5 nitrogen and oxygen atoms in total. The summed E-state index contributed by atoms with van der Waals surface area (Å²) in [4.78, 5) is 2.37. The molecular formula is C14H21ClN2O3S. The Morgan fingerprint density at radius 3 is 2.29 bits per heavy atom. The molecule has 0 amide bonds. The molecule has 1 aliphatic rings. The third kappa shape index (κ3) is 4.17. The van der Waals surface area contributed by atoms with Crippen LogP contribution in [0.1, 0.15) is 5.56 Å². The zero-order chi connectivity index (χ0) is 15.5. The molecule has 118 valence electrons. The second-order valence-electron chi connectivity index (χ2n) is 5.33. The minimum Gasteiger partial charge on any atom is -0.391 e. The van der Waals surface area contributed by atoms with E-state index in [-0.39, 0.29) is 5.88 Å². The lowest BCUT2D eigenvalue weighted by atomic mass is 10.2. The van der Waals surface area contributed by atoms with Crippen molar-refractivity contribution in [2.45, 2.75) is 17.9 Å². The van der Waals surface area contributed by atoms with Crippen LogP contribution in [-0.4, -0.2) is 67.4 Å². The summed E-state index contributed by atoms with van der Waals surface area (Å²) < 4.78 is 26.5. The summed E-state index contributed by atoms with van der Waals surface area (Å²) in [7, 11) is -3.42. The van der Waals surface area contributed by atoms with E-state index in [9.17, 15) is 13.5 Å². The Hall–Kier alpha value is -0.660. The maximum absolute atomic E-state index is 12.5. The van der Waals surface area contributed by atoms with Crippen molar-refractivity contribution in [3.8, 4) is 0 Å². The van der Waals surface area contributed by atoms with Gasteiger partial charge >= 0.3 is 0 Å². The highest BCUT2D eigenvalue weighted by Gasteiger charge is 2.28. The smallest absolute Gasteiger partial charge is 0.243 e. The zero-order valence-corrected chi connectivity index (χ0v) is 13.6. The Bertz CT molecular complexity index is 554. The van der Waals surface area contributed by atoms with E-state index >= 15 is 0 Å². The standard InChI is InChI=1S/C14H21ClN2O3S/c1-12-2-4-14(5-3-12)21(19,20)17-8-6-16(7-9-17)11-13(18)10-15/h2-5,13,18H,6-11H2,1H3. The first kappa shape index (κ1) is 16.7. The Labute approximate surface area is 131 Å². The summed E-state index contributed by atoms with van der Waals surface area (Å²) in [6, 6.07) is 6.91. The highest BCUT2D eigenvalue weighted by molar-refractivity contribution is 7.89. The fourth-order valence-electron chi connectivity index (χ4n) is 2.36. The highest BCUT2D eigenvalue weighted by Crippen LogP contribution is 2.18. The first-order chi connectivity index (χ1) is 9.93. The molecule has 2 rings (SSSR count). The Morgan fingerprint density at radius 1 is 1.19 bits per heavy atom. The Morgan fingerprint density at radius 2 is 1.76 bits per heavy atom. The van der Waals surface area contributed by atoms with Crippen molar-refractivity contribution in [1.29, 1.82) is 0 Å². The Kier molecular flexibility index (Phi) is 5.62. The first-order valence-electron chi connectivity index (χ1n) is 6.96. The summed E-state index contributed by atoms with van der Waals surface area (Å²) in [6.45, 7) is 4.51. The number of rotatable bonds is 5. The van der Waals surface area contributed by atoms with E-state index in [0.29, 0.717) is 37.6 Å². The maximum atomic E-state index is 12.5. The van der Waals surface area contributed by atoms with Gasteiger partial charge in [-0.2, -0.15) is 4.31 Å². The van der Waals surface area contributed by atoms with Gasteiger partial charge in [0.25, 0.3) is 0 Å². The molecule has 1 heterocycles. The maximum Gasteiger partial charge on any atom is 0.243 e. The van der Waals surface area contributed by atoms with Gasteiger partial charge in [-0.05, 0) is 19.1 Å². The number of aliphatic hydroxyl groups is 1. The van der Waals surface area contributed by atoms with Crippen molar-refractivity contribution in [2.75, 3.05) is 38.6 Å². The molecule has 1 unspecified atom stereocenters. The topological polar surface area (TPSA) is 60.9 Å². The fraction of sp³-hybridized carbons (Fsp3) is 0.571. The van der Waals surface area contributed by atoms with Crippen molar-refractivity contribution in [1.82, 2.24) is 9.21 Å². The molecule has 1 aromatic carbocycles. The molecule has 0 bridgehead atoms. The number of benzene rings is 1. The van der Waals surface area contributed by atoms with Gasteiger partial charge in [-0.25, -0.2) is 8.42 Å². The van der Waals surface area contributed by atoms with Gasteiger partial charge in [0.2, 0.25) is 10.0 Å². The molecule has 1 atom stereocenters. The van der Waals surface area contributed by atoms with Crippen LogP contribution in [0.15, 0.2) is 29.2 Å². The number of sulfonamides is 1. The molecule has 1 aliphatic heterocycles. The van der Waals surface area contributed by atoms with Gasteiger partial charge in [0.1, 0.15) is 0 Å². The second-order valence-corrected chi connectivity index (χ2v) is 7.57. The lowest BCUT2D eigenvalue weighted by molar-refractivity contribution is 0.105. The van der Waals surface area contributed by atoms with E-state index in [0.717, 1.165) is 5.56 Å². The number of halogens is 1. The molecule has 0 spiro atoms. The van der Waals surface area contributed by atoms with Gasteiger partial charge in [-0.3, -0.25) is 4.90 Å². The molecule has 1 fully saturated rings. The predicted molar refractivity (Wildman–Crippen MR) is 83.1 cm³/mol. The Balaban J connectivity index is 1.99. The summed E-state index contributed by atoms with van der Waals surface area (Å²) in [5.74, 6) is 0.196. The van der Waals surface area contributed by atoms with Gasteiger partial charge in [-0.1, -0.05) is 17.7 Å². The summed E-state index contributed by atoms with van der Waals surface area (Å²) in [6.07, 6.45) is -0.563. The van der Waals surface area contributed by atoms with Crippen LogP contribution >= 0.6 is 11.6 Å². The molecule has 1 saturated heterocycles. The summed E-state index contributed by atoms with van der Waals surface area (Å²) in [5, 5.41) is 9.53. The van der Waals surface area contributed by atoms with Crippen molar-refractivity contribution in [2.24, 2.45) is 0 Å². The number of piperazine rings is 1. The summed E-state index contributed by atoms with van der Waals surface area (Å²) >= 11 is 5.58. The minimum atomic E-state index is -3.42. The molecule has 1 aromatic rings. The normalized spacial score (nSPS) is 19.6. The largest absolute Gasteiger partial charge is 0.391 e. The molecule has 1 N–H and O–H groups in total. The van der Waals surface area contributed by atoms with Crippen LogP contribution < -0.4 is 0 Å². The van der Waals surface area contributed by atoms with Crippen LogP contribution in [-0.2, 0) is 10.0 Å². The number of hydrogen-bond acceptors (Lipinski definition) is 4. The molecule has 7 heteroatoms. The monoisotopic (exact) mass is 332 g/mol. The SMILES string of the molecule is Cc1ccc(S(=O)(=O)N2CCN(CC(O)CCl)CC2)cc1. The molecule has 0 aliphatic carbocycles. The molecule has 0 saturated carbocycles. The van der Waals surface area contributed by atoms with Crippen LogP contribution in [0.5, 0.6) is 0 Å². The van der Waals surface area contributed by atoms with Gasteiger partial charge in [0.15, 0.2) is 0 Å². The van der Waals surface area contributed by atoms with E-state index in [4.69, 9.17) is 11.6 Å². The fourth-order valence-corrected chi connectivity index (χ4v) is 3.88. The number of β-amino-alcohol motifs (C(OH)–C–C–N with tert-alkyl or cyclic N) is 1. The molecule has 0 radical (unpaired) electrons. The lowest BCUT2D eigenvalue weighted by Crippen LogP contribution is -2.50. The van der Waals surface area contributed by atoms with E-state index in [2.05, 4.69) is 0 Å². The van der Waals surface area contributed by atoms with E-state index in [1.165, 1.54) is 4.31 Å². The molecule has 21 heavy (non-hydrogen) atoms. The lowest BCUT2D eigenvalue weighted by Gasteiger charge is -2.34. The van der Waals surface area contributed by atoms with Gasteiger partial charge in [0, 0.05) is 38.6 Å². The summed E-state index contributed by atoms with van der Waals surface area (Å²) in [5.41, 5.74) is 1.04. The predicted octanol–water partition coefficient (Wildman–Crippen LogP) is 0.901. The number of aliphatic hydroxyl groups excluding tert-OH is 1. The number of nitrogens with zero attached hydrogens (tertiary/aromatic N) is 2. The third-order valence-corrected chi connectivity index (χ3v) is 5.91. The third-order valence-electron chi connectivity index (χ3n) is 3.64. The van der Waals surface area contributed by atoms with Crippen LogP contribution in [0.2, 0.25) is 0 Å². The number of alkyl halides is 1. The van der Waals surface area contributed by atoms with Crippen LogP contribution in [0, 0.1) is 6.92 Å². The van der Waals surface area contributed by atoms with E-state index < -0.39 is 16.1 Å². The average Bonchev–Trinajstić information content (AvgIpc) is 2.48. The van der Waals surface area contributed by atoms with Crippen molar-refractivity contribution >= 4 is 21.6 Å². The average molecular weight is 333 g/mol. The molecular weight excluding hydrogens is 312 g/mol. The van der Waals surface area contributed by atoms with Gasteiger partial charge in [-0.15, -0.1) is 11.6 Å². The number of hydrogen-bond donors (Lipinski definition) is 1. The highest BCUT2D eigenvalue weighted by atomic mass is 35.5. The van der Waals surface area contributed by atoms with Crippen molar-refractivity contribution in [3.05, 3.63) is 29.8 Å². The van der Waals surface area contributed by atoms with Gasteiger partial charge < -0.3 is 5.11 Å². The van der Waals surface area contributed by atoms with Gasteiger partial charge in [0.05, 0.1) is 11.0 Å². The van der Waals surface area contributed by atoms with Crippen LogP contribution in [0.25, 0.3) is 0 Å². The van der Waals surface area contributed by atoms with Crippen LogP contribution in [0.3, 0.4) is 0 Å². The van der Waals surface area contributed by atoms with Crippen molar-refractivity contribution < 1.29 is 13.5 Å². The minimum absolute atomic E-state index is 0.196. The van der Waals surface area contributed by atoms with E-state index in [1.807, 2.05) is 11.8 Å². The molecule has 0 aromatic heterocycles. The quantitative estimate of drug-likeness (QED) is 0.814. The van der Waals surface area contributed by atoms with E-state index in [1.54, 1.807) is 24.3 Å². The second kappa shape index (κ2) is 7.07. The first-order valence-corrected chi connectivity index (χ1v) is 8.94. The van der Waals surface area contributed by atoms with Crippen LogP contribution in [0.4, 0.5) is 0 Å². The van der Waals surface area contributed by atoms with Crippen molar-refractivity contribution in [3.63, 3.8) is 0 Å².